The first-order valence-corrected chi connectivity index (χ1v) is 4.51. The molecular formula is C11H12N2. The van der Waals surface area contributed by atoms with Crippen molar-refractivity contribution in [2.45, 2.75) is 25.8 Å². The van der Waals surface area contributed by atoms with Crippen LogP contribution < -0.4 is 5.73 Å². The largest absolute Gasteiger partial charge is 0.324 e. The fourth-order valence-electron chi connectivity index (χ4n) is 2.04. The van der Waals surface area contributed by atoms with E-state index in [4.69, 9.17) is 11.0 Å². The predicted octanol–water partition coefficient (Wildman–Crippen LogP) is 1.81. The van der Waals surface area contributed by atoms with Crippen molar-refractivity contribution in [3.05, 3.63) is 34.4 Å². The van der Waals surface area contributed by atoms with E-state index in [1.165, 1.54) is 16.7 Å². The maximum absolute atomic E-state index is 8.79. The van der Waals surface area contributed by atoms with E-state index in [1.54, 1.807) is 0 Å². The smallest absolute Gasteiger partial charge is 0.0991 e. The van der Waals surface area contributed by atoms with Crippen molar-refractivity contribution >= 4 is 0 Å². The third-order valence-corrected chi connectivity index (χ3v) is 2.74. The fraction of sp³-hybridized carbons (Fsp3) is 0.364. The van der Waals surface area contributed by atoms with Crippen LogP contribution in [-0.2, 0) is 6.42 Å². The van der Waals surface area contributed by atoms with E-state index < -0.39 is 0 Å². The summed E-state index contributed by atoms with van der Waals surface area (Å²) in [5.74, 6) is 0. The molecule has 0 aliphatic heterocycles. The molecule has 0 saturated carbocycles. The third kappa shape index (κ3) is 1.22. The minimum absolute atomic E-state index is 0.141. The number of nitrogens with two attached hydrogens (primary N) is 1. The van der Waals surface area contributed by atoms with Gasteiger partial charge in [0.2, 0.25) is 0 Å². The molecule has 1 aliphatic carbocycles. The lowest BCUT2D eigenvalue weighted by Crippen LogP contribution is -2.05. The summed E-state index contributed by atoms with van der Waals surface area (Å²) < 4.78 is 0. The molecule has 66 valence electrons. The zero-order valence-corrected chi connectivity index (χ0v) is 7.67. The van der Waals surface area contributed by atoms with Crippen molar-refractivity contribution in [2.75, 3.05) is 0 Å². The molecule has 13 heavy (non-hydrogen) atoms. The maximum atomic E-state index is 8.79. The van der Waals surface area contributed by atoms with E-state index in [0.717, 1.165) is 18.4 Å². The number of nitriles is 1. The lowest BCUT2D eigenvalue weighted by atomic mass is 10.0. The number of hydrogen-bond donors (Lipinski definition) is 1. The van der Waals surface area contributed by atoms with Crippen molar-refractivity contribution < 1.29 is 0 Å². The van der Waals surface area contributed by atoms with Gasteiger partial charge in [0, 0.05) is 6.04 Å². The second-order valence-corrected chi connectivity index (χ2v) is 3.62. The summed E-state index contributed by atoms with van der Waals surface area (Å²) >= 11 is 0. The number of fused-ring (bicyclic) bond motifs is 1. The lowest BCUT2D eigenvalue weighted by molar-refractivity contribution is 0.713. The molecular weight excluding hydrogens is 160 g/mol. The summed E-state index contributed by atoms with van der Waals surface area (Å²) in [5, 5.41) is 8.79. The van der Waals surface area contributed by atoms with E-state index >= 15 is 0 Å². The van der Waals surface area contributed by atoms with Gasteiger partial charge in [-0.1, -0.05) is 0 Å². The van der Waals surface area contributed by atoms with Crippen LogP contribution in [0.5, 0.6) is 0 Å². The maximum Gasteiger partial charge on any atom is 0.0991 e. The highest BCUT2D eigenvalue weighted by Crippen LogP contribution is 2.32. The van der Waals surface area contributed by atoms with Gasteiger partial charge in [-0.25, -0.2) is 0 Å². The van der Waals surface area contributed by atoms with Crippen molar-refractivity contribution in [2.24, 2.45) is 5.73 Å². The number of nitrogens with zero attached hydrogens (tertiary/aromatic N) is 1. The Morgan fingerprint density at radius 2 is 2.31 bits per heavy atom. The van der Waals surface area contributed by atoms with Gasteiger partial charge in [0.25, 0.3) is 0 Å². The Balaban J connectivity index is 2.61. The molecule has 0 heterocycles. The highest BCUT2D eigenvalue weighted by Gasteiger charge is 2.20. The summed E-state index contributed by atoms with van der Waals surface area (Å²) in [6.07, 6.45) is 2.08. The minimum atomic E-state index is 0.141. The highest BCUT2D eigenvalue weighted by molar-refractivity contribution is 5.46. The third-order valence-electron chi connectivity index (χ3n) is 2.74. The van der Waals surface area contributed by atoms with Crippen molar-refractivity contribution in [3.8, 4) is 6.07 Å². The van der Waals surface area contributed by atoms with Gasteiger partial charge in [-0.2, -0.15) is 5.26 Å². The second-order valence-electron chi connectivity index (χ2n) is 3.62. The van der Waals surface area contributed by atoms with Gasteiger partial charge in [0.15, 0.2) is 0 Å². The molecule has 0 amide bonds. The van der Waals surface area contributed by atoms with Crippen molar-refractivity contribution in [1.29, 1.82) is 5.26 Å². The normalized spacial score (nSPS) is 19.6. The van der Waals surface area contributed by atoms with E-state index in [9.17, 15) is 0 Å². The molecule has 2 heteroatoms. The van der Waals surface area contributed by atoms with Crippen LogP contribution >= 0.6 is 0 Å². The monoisotopic (exact) mass is 172 g/mol. The van der Waals surface area contributed by atoms with Gasteiger partial charge in [-0.15, -0.1) is 0 Å². The van der Waals surface area contributed by atoms with Crippen molar-refractivity contribution in [3.63, 3.8) is 0 Å². The molecule has 0 spiro atoms. The number of aryl methyl sites for hydroxylation is 1. The van der Waals surface area contributed by atoms with Gasteiger partial charge < -0.3 is 5.73 Å². The summed E-state index contributed by atoms with van der Waals surface area (Å²) in [7, 11) is 0. The first-order chi connectivity index (χ1) is 6.22. The molecule has 1 aliphatic rings. The highest BCUT2D eigenvalue weighted by atomic mass is 14.6. The Kier molecular flexibility index (Phi) is 1.82. The Morgan fingerprint density at radius 3 is 3.00 bits per heavy atom. The second kappa shape index (κ2) is 2.86. The standard InChI is InChI=1S/C11H12N2/c1-7-4-8(6-12)5-10-9(7)2-3-11(10)13/h4-5,11H,2-3,13H2,1H3/t11-/m1/s1. The molecule has 1 atom stereocenters. The molecule has 0 fully saturated rings. The van der Waals surface area contributed by atoms with E-state index in [0.29, 0.717) is 0 Å². The molecule has 0 bridgehead atoms. The van der Waals surface area contributed by atoms with Gasteiger partial charge >= 0.3 is 0 Å². The molecule has 2 nitrogen and oxygen atoms in total. The summed E-state index contributed by atoms with van der Waals surface area (Å²) in [4.78, 5) is 0. The Hall–Kier alpha value is -1.33. The molecule has 0 radical (unpaired) electrons. The van der Waals surface area contributed by atoms with Crippen LogP contribution in [0, 0.1) is 18.3 Å². The summed E-state index contributed by atoms with van der Waals surface area (Å²) in [6.45, 7) is 2.05. The average Bonchev–Trinajstić information content (AvgIpc) is 2.48. The molecule has 2 rings (SSSR count). The van der Waals surface area contributed by atoms with E-state index in [2.05, 4.69) is 13.0 Å². The quantitative estimate of drug-likeness (QED) is 0.648. The molecule has 2 N–H and O–H groups in total. The van der Waals surface area contributed by atoms with Gasteiger partial charge in [-0.05, 0) is 48.6 Å². The van der Waals surface area contributed by atoms with Crippen LogP contribution in [0.15, 0.2) is 12.1 Å². The molecule has 0 unspecified atom stereocenters. The molecule has 1 aromatic rings. The summed E-state index contributed by atoms with van der Waals surface area (Å²) in [5.41, 5.74) is 10.4. The Morgan fingerprint density at radius 1 is 1.54 bits per heavy atom. The molecule has 1 aromatic carbocycles. The number of benzene rings is 1. The van der Waals surface area contributed by atoms with Crippen LogP contribution in [0.1, 0.15) is 34.7 Å². The lowest BCUT2D eigenvalue weighted by Gasteiger charge is -2.07. The summed E-state index contributed by atoms with van der Waals surface area (Å²) in [6, 6.07) is 6.18. The number of hydrogen-bond acceptors (Lipinski definition) is 2. The molecule has 0 saturated heterocycles. The van der Waals surface area contributed by atoms with Crippen LogP contribution in [0.3, 0.4) is 0 Å². The van der Waals surface area contributed by atoms with E-state index in [1.807, 2.05) is 12.1 Å². The first-order valence-electron chi connectivity index (χ1n) is 4.51. The van der Waals surface area contributed by atoms with Crippen molar-refractivity contribution in [1.82, 2.24) is 0 Å². The average molecular weight is 172 g/mol. The van der Waals surface area contributed by atoms with E-state index in [-0.39, 0.29) is 6.04 Å². The Labute approximate surface area is 78.0 Å². The predicted molar refractivity (Wildman–Crippen MR) is 51.1 cm³/mol. The Bertz CT molecular complexity index is 388. The molecule has 0 aromatic heterocycles. The zero-order valence-electron chi connectivity index (χ0n) is 7.67. The zero-order chi connectivity index (χ0) is 9.42. The van der Waals surface area contributed by atoms with Crippen LogP contribution in [0.25, 0.3) is 0 Å². The first kappa shape index (κ1) is 8.28. The van der Waals surface area contributed by atoms with Gasteiger partial charge in [0.05, 0.1) is 11.6 Å². The van der Waals surface area contributed by atoms with Crippen LogP contribution in [0.2, 0.25) is 0 Å². The SMILES string of the molecule is Cc1cc(C#N)cc2c1CC[C@H]2N. The minimum Gasteiger partial charge on any atom is -0.324 e. The van der Waals surface area contributed by atoms with Gasteiger partial charge in [0.1, 0.15) is 0 Å². The van der Waals surface area contributed by atoms with Crippen LogP contribution in [-0.4, -0.2) is 0 Å². The van der Waals surface area contributed by atoms with Crippen LogP contribution in [0.4, 0.5) is 0 Å². The fourth-order valence-corrected chi connectivity index (χ4v) is 2.04. The topological polar surface area (TPSA) is 49.8 Å². The van der Waals surface area contributed by atoms with Gasteiger partial charge in [-0.3, -0.25) is 0 Å². The number of rotatable bonds is 0.